The van der Waals surface area contributed by atoms with E-state index in [9.17, 15) is 9.59 Å². The number of hydrogen-bond donors (Lipinski definition) is 3. The number of amides is 3. The van der Waals surface area contributed by atoms with Gasteiger partial charge in [-0.25, -0.2) is 4.79 Å². The summed E-state index contributed by atoms with van der Waals surface area (Å²) in [7, 11) is 0. The van der Waals surface area contributed by atoms with Crippen LogP contribution in [-0.4, -0.2) is 31.8 Å². The minimum Gasteiger partial charge on any atom is -0.368 e. The van der Waals surface area contributed by atoms with Crippen molar-refractivity contribution >= 4 is 41.1 Å². The molecule has 0 radical (unpaired) electrons. The quantitative estimate of drug-likeness (QED) is 0.453. The zero-order valence-corrected chi connectivity index (χ0v) is 19.1. The molecule has 4 N–H and O–H groups in total. The Morgan fingerprint density at radius 2 is 1.79 bits per heavy atom. The third-order valence-electron chi connectivity index (χ3n) is 5.69. The second-order valence-corrected chi connectivity index (χ2v) is 8.09. The fourth-order valence-corrected chi connectivity index (χ4v) is 4.05. The van der Waals surface area contributed by atoms with Crippen LogP contribution in [0.15, 0.2) is 48.5 Å². The lowest BCUT2D eigenvalue weighted by molar-refractivity contribution is -0.132. The number of rotatable bonds is 7. The number of carbonyl (C=O) groups is 2. The van der Waals surface area contributed by atoms with Crippen LogP contribution >= 0.6 is 11.6 Å². The molecule has 1 aromatic heterocycles. The Morgan fingerprint density at radius 1 is 1.06 bits per heavy atom. The van der Waals surface area contributed by atoms with Crippen LogP contribution in [0.1, 0.15) is 37.2 Å². The van der Waals surface area contributed by atoms with E-state index >= 15 is 0 Å². The van der Waals surface area contributed by atoms with E-state index in [1.807, 2.05) is 38.1 Å². The lowest BCUT2D eigenvalue weighted by atomic mass is 9.87. The summed E-state index contributed by atoms with van der Waals surface area (Å²) in [5.74, 6) is 0.0422. The van der Waals surface area contributed by atoms with E-state index in [2.05, 4.69) is 25.6 Å². The van der Waals surface area contributed by atoms with Gasteiger partial charge in [0.1, 0.15) is 5.54 Å². The fourth-order valence-electron chi connectivity index (χ4n) is 3.92. The van der Waals surface area contributed by atoms with Crippen LogP contribution in [-0.2, 0) is 23.3 Å². The highest BCUT2D eigenvalue weighted by Crippen LogP contribution is 2.33. The van der Waals surface area contributed by atoms with Gasteiger partial charge in [0.2, 0.25) is 11.9 Å². The number of nitrogen functional groups attached to an aromatic ring is 1. The van der Waals surface area contributed by atoms with E-state index in [0.717, 1.165) is 22.6 Å². The molecule has 3 aromatic rings. The van der Waals surface area contributed by atoms with E-state index in [0.29, 0.717) is 17.0 Å². The van der Waals surface area contributed by atoms with E-state index in [4.69, 9.17) is 17.3 Å². The second kappa shape index (κ2) is 9.03. The summed E-state index contributed by atoms with van der Waals surface area (Å²) in [6, 6.07) is 14.1. The molecule has 1 fully saturated rings. The predicted octanol–water partition coefficient (Wildman–Crippen LogP) is 3.77. The van der Waals surface area contributed by atoms with Crippen molar-refractivity contribution in [2.75, 3.05) is 11.1 Å². The van der Waals surface area contributed by atoms with Crippen LogP contribution in [0.25, 0.3) is 0 Å². The topological polar surface area (TPSA) is 126 Å². The molecule has 2 heterocycles. The zero-order chi connectivity index (χ0) is 23.6. The Kier molecular flexibility index (Phi) is 6.15. The first kappa shape index (κ1) is 22.5. The number of benzene rings is 2. The number of carbonyl (C=O) groups excluding carboxylic acids is 2. The van der Waals surface area contributed by atoms with Gasteiger partial charge in [-0.05, 0) is 42.2 Å². The van der Waals surface area contributed by atoms with Crippen LogP contribution in [0.2, 0.25) is 5.02 Å². The number of hydrogen-bond acceptors (Lipinski definition) is 7. The Morgan fingerprint density at radius 3 is 2.48 bits per heavy atom. The summed E-state index contributed by atoms with van der Waals surface area (Å²) in [6.07, 6.45) is 1.19. The number of nitrogens with zero attached hydrogens (tertiary/aromatic N) is 4. The van der Waals surface area contributed by atoms with Crippen LogP contribution in [0.3, 0.4) is 0 Å². The van der Waals surface area contributed by atoms with Gasteiger partial charge in [-0.1, -0.05) is 55.8 Å². The van der Waals surface area contributed by atoms with E-state index in [-0.39, 0.29) is 30.2 Å². The Balaban J connectivity index is 1.60. The minimum absolute atomic E-state index is 0.0111. The first-order valence-corrected chi connectivity index (χ1v) is 11.0. The van der Waals surface area contributed by atoms with Crippen LogP contribution in [0, 0.1) is 0 Å². The van der Waals surface area contributed by atoms with Crippen molar-refractivity contribution < 1.29 is 9.59 Å². The van der Waals surface area contributed by atoms with Crippen molar-refractivity contribution in [2.45, 2.75) is 38.8 Å². The number of imide groups is 1. The summed E-state index contributed by atoms with van der Waals surface area (Å²) in [6.45, 7) is 3.74. The minimum atomic E-state index is -1.18. The van der Waals surface area contributed by atoms with Gasteiger partial charge in [-0.15, -0.1) is 0 Å². The van der Waals surface area contributed by atoms with Crippen molar-refractivity contribution in [3.05, 3.63) is 70.5 Å². The van der Waals surface area contributed by atoms with Gasteiger partial charge < -0.3 is 16.4 Å². The molecule has 1 aliphatic rings. The summed E-state index contributed by atoms with van der Waals surface area (Å²) < 4.78 is 0. The first-order valence-electron chi connectivity index (χ1n) is 10.6. The second-order valence-electron chi connectivity index (χ2n) is 7.66. The largest absolute Gasteiger partial charge is 0.368 e. The Hall–Kier alpha value is -3.72. The molecule has 10 heteroatoms. The predicted molar refractivity (Wildman–Crippen MR) is 126 cm³/mol. The molecule has 0 saturated carbocycles. The number of aromatic nitrogens is 3. The molecule has 1 aliphatic heterocycles. The monoisotopic (exact) mass is 465 g/mol. The van der Waals surface area contributed by atoms with Crippen molar-refractivity contribution in [1.82, 2.24) is 25.2 Å². The average Bonchev–Trinajstić information content (AvgIpc) is 3.04. The molecular formula is C23H24ClN7O2. The highest BCUT2D eigenvalue weighted by molar-refractivity contribution is 6.30. The van der Waals surface area contributed by atoms with Crippen molar-refractivity contribution in [3.8, 4) is 0 Å². The van der Waals surface area contributed by atoms with Crippen molar-refractivity contribution in [1.29, 1.82) is 0 Å². The molecule has 0 spiro atoms. The number of para-hydroxylation sites is 1. The van der Waals surface area contributed by atoms with Crippen LogP contribution in [0.5, 0.6) is 0 Å². The molecule has 1 unspecified atom stereocenters. The molecule has 1 atom stereocenters. The van der Waals surface area contributed by atoms with Gasteiger partial charge in [-0.2, -0.15) is 15.0 Å². The van der Waals surface area contributed by atoms with Gasteiger partial charge >= 0.3 is 6.03 Å². The van der Waals surface area contributed by atoms with E-state index < -0.39 is 11.6 Å². The lowest BCUT2D eigenvalue weighted by Gasteiger charge is -2.25. The van der Waals surface area contributed by atoms with Gasteiger partial charge in [0, 0.05) is 10.7 Å². The molecule has 9 nitrogen and oxygen atoms in total. The van der Waals surface area contributed by atoms with Gasteiger partial charge in [0.15, 0.2) is 5.82 Å². The average molecular weight is 466 g/mol. The first-order chi connectivity index (χ1) is 15.9. The molecule has 2 aromatic carbocycles. The van der Waals surface area contributed by atoms with Gasteiger partial charge in [-0.3, -0.25) is 9.69 Å². The van der Waals surface area contributed by atoms with Crippen LogP contribution < -0.4 is 16.4 Å². The molecule has 0 bridgehead atoms. The molecule has 4 rings (SSSR count). The normalized spacial score (nSPS) is 17.8. The van der Waals surface area contributed by atoms with Gasteiger partial charge in [0.25, 0.3) is 5.91 Å². The Bertz CT molecular complexity index is 1200. The highest BCUT2D eigenvalue weighted by atomic mass is 35.5. The maximum atomic E-state index is 13.4. The third-order valence-corrected chi connectivity index (χ3v) is 5.94. The summed E-state index contributed by atoms with van der Waals surface area (Å²) in [5, 5.41) is 6.53. The number of aryl methyl sites for hydroxylation is 1. The Labute approximate surface area is 196 Å². The molecule has 33 heavy (non-hydrogen) atoms. The zero-order valence-electron chi connectivity index (χ0n) is 18.3. The van der Waals surface area contributed by atoms with Crippen molar-refractivity contribution in [3.63, 3.8) is 0 Å². The summed E-state index contributed by atoms with van der Waals surface area (Å²) >= 11 is 5.99. The maximum absolute atomic E-state index is 13.4. The van der Waals surface area contributed by atoms with Crippen molar-refractivity contribution in [2.24, 2.45) is 0 Å². The summed E-state index contributed by atoms with van der Waals surface area (Å²) in [4.78, 5) is 40.0. The fraction of sp³-hybridized carbons (Fsp3) is 0.261. The van der Waals surface area contributed by atoms with E-state index in [1.165, 1.54) is 0 Å². The molecule has 170 valence electrons. The molecule has 0 aliphatic carbocycles. The van der Waals surface area contributed by atoms with E-state index in [1.54, 1.807) is 24.3 Å². The SMILES string of the molecule is CCc1ccccc1Nc1nc(N)nc(CN2C(=O)NC(CC)(c3ccc(Cl)cc3)C2=O)n1. The highest BCUT2D eigenvalue weighted by Gasteiger charge is 2.51. The number of halogens is 1. The molecule has 1 saturated heterocycles. The lowest BCUT2D eigenvalue weighted by Crippen LogP contribution is -2.43. The number of nitrogens with two attached hydrogens (primary N) is 1. The molecular weight excluding hydrogens is 442 g/mol. The smallest absolute Gasteiger partial charge is 0.325 e. The summed E-state index contributed by atoms with van der Waals surface area (Å²) in [5.41, 5.74) is 7.30. The maximum Gasteiger partial charge on any atom is 0.325 e. The standard InChI is InChI=1S/C23H24ClN7O2/c1-3-14-7-5-6-8-17(14)26-21-28-18(27-20(25)29-21)13-31-19(32)23(4-2,30-22(31)33)15-9-11-16(24)12-10-15/h5-12H,3-4,13H2,1-2H3,(H,30,33)(H3,25,26,27,28,29). The third kappa shape index (κ3) is 4.31. The van der Waals surface area contributed by atoms with Crippen LogP contribution in [0.4, 0.5) is 22.4 Å². The number of nitrogens with one attached hydrogen (secondary N) is 2. The number of urea groups is 1. The van der Waals surface area contributed by atoms with Gasteiger partial charge in [0.05, 0.1) is 6.54 Å². The molecule has 3 amide bonds. The number of anilines is 3.